The summed E-state index contributed by atoms with van der Waals surface area (Å²) in [5.74, 6) is 1.62. The lowest BCUT2D eigenvalue weighted by Crippen LogP contribution is -2.22. The average molecular weight is 306 g/mol. The number of benzene rings is 1. The van der Waals surface area contributed by atoms with Crippen molar-refractivity contribution in [3.8, 4) is 0 Å². The maximum Gasteiger partial charge on any atom is 0.317 e. The van der Waals surface area contributed by atoms with Gasteiger partial charge in [0.1, 0.15) is 5.82 Å². The smallest absolute Gasteiger partial charge is 0.317 e. The van der Waals surface area contributed by atoms with Crippen molar-refractivity contribution in [2.75, 3.05) is 11.1 Å². The van der Waals surface area contributed by atoms with E-state index in [0.717, 1.165) is 29.0 Å². The third kappa shape index (κ3) is 3.49. The number of hydrogen-bond donors (Lipinski definition) is 4. The number of H-pyrrole nitrogens is 1. The number of urea groups is 1. The molecule has 2 aromatic rings. The molecule has 0 spiro atoms. The van der Waals surface area contributed by atoms with E-state index in [1.54, 1.807) is 0 Å². The molecule has 1 heterocycles. The van der Waals surface area contributed by atoms with Crippen molar-refractivity contribution >= 4 is 40.4 Å². The van der Waals surface area contributed by atoms with Gasteiger partial charge in [-0.2, -0.15) is 11.8 Å². The first-order valence-corrected chi connectivity index (χ1v) is 7.77. The number of primary amides is 2. The van der Waals surface area contributed by atoms with Crippen LogP contribution in [0.3, 0.4) is 0 Å². The first kappa shape index (κ1) is 15.2. The molecular formula is C14H18N4O2S. The Morgan fingerprint density at radius 1 is 1.33 bits per heavy atom. The Labute approximate surface area is 126 Å². The highest BCUT2D eigenvalue weighted by atomic mass is 32.2. The van der Waals surface area contributed by atoms with Crippen LogP contribution in [0.5, 0.6) is 0 Å². The van der Waals surface area contributed by atoms with Gasteiger partial charge in [0.25, 0.3) is 5.91 Å². The van der Waals surface area contributed by atoms with Gasteiger partial charge in [-0.25, -0.2) is 4.79 Å². The van der Waals surface area contributed by atoms with Crippen LogP contribution in [0.25, 0.3) is 10.9 Å². The maximum absolute atomic E-state index is 11.6. The van der Waals surface area contributed by atoms with Crippen molar-refractivity contribution in [2.24, 2.45) is 11.5 Å². The normalized spacial score (nSPS) is 10.7. The average Bonchev–Trinajstić information content (AvgIpc) is 2.75. The zero-order chi connectivity index (χ0) is 15.4. The third-order valence-electron chi connectivity index (χ3n) is 2.97. The number of nitrogens with two attached hydrogens (primary N) is 2. The fourth-order valence-electron chi connectivity index (χ4n) is 2.14. The standard InChI is InChI=1S/C14H18N4O2S/c1-2-5-21-7-8-3-4-9-10(6-8)17-13(18-14(16)20)11(9)12(15)19/h3-4,6,17H,2,5,7H2,1H3,(H2,15,19)(H3,16,18,20). The number of rotatable bonds is 6. The van der Waals surface area contributed by atoms with Gasteiger partial charge in [0.05, 0.1) is 5.56 Å². The minimum absolute atomic E-state index is 0.239. The van der Waals surface area contributed by atoms with Crippen molar-refractivity contribution in [1.29, 1.82) is 0 Å². The molecule has 0 aliphatic rings. The first-order chi connectivity index (χ1) is 10.0. The molecule has 1 aromatic carbocycles. The summed E-state index contributed by atoms with van der Waals surface area (Å²) in [7, 11) is 0. The zero-order valence-electron chi connectivity index (χ0n) is 11.7. The second-order valence-corrected chi connectivity index (χ2v) is 5.77. The number of fused-ring (bicyclic) bond motifs is 1. The molecule has 0 saturated heterocycles. The van der Waals surface area contributed by atoms with E-state index in [1.807, 2.05) is 30.0 Å². The molecule has 112 valence electrons. The topological polar surface area (TPSA) is 114 Å². The number of amides is 3. The molecule has 0 aliphatic heterocycles. The van der Waals surface area contributed by atoms with E-state index < -0.39 is 11.9 Å². The Kier molecular flexibility index (Phi) is 4.74. The Bertz CT molecular complexity index is 681. The fourth-order valence-corrected chi connectivity index (χ4v) is 2.99. The van der Waals surface area contributed by atoms with E-state index in [-0.39, 0.29) is 11.4 Å². The Morgan fingerprint density at radius 3 is 2.71 bits per heavy atom. The van der Waals surface area contributed by atoms with Crippen LogP contribution in [0.2, 0.25) is 0 Å². The molecule has 21 heavy (non-hydrogen) atoms. The number of hydrogen-bond acceptors (Lipinski definition) is 3. The van der Waals surface area contributed by atoms with Crippen molar-refractivity contribution < 1.29 is 9.59 Å². The number of anilines is 1. The van der Waals surface area contributed by atoms with Gasteiger partial charge in [0.2, 0.25) is 0 Å². The lowest BCUT2D eigenvalue weighted by atomic mass is 10.1. The largest absolute Gasteiger partial charge is 0.365 e. The van der Waals surface area contributed by atoms with E-state index in [1.165, 1.54) is 0 Å². The number of aromatic amines is 1. The lowest BCUT2D eigenvalue weighted by molar-refractivity contribution is 0.100. The molecule has 6 nitrogen and oxygen atoms in total. The van der Waals surface area contributed by atoms with Gasteiger partial charge < -0.3 is 16.5 Å². The van der Waals surface area contributed by atoms with Crippen LogP contribution in [0.1, 0.15) is 29.3 Å². The summed E-state index contributed by atoms with van der Waals surface area (Å²) in [4.78, 5) is 25.6. The van der Waals surface area contributed by atoms with Crippen LogP contribution in [-0.2, 0) is 5.75 Å². The fraction of sp³-hybridized carbons (Fsp3) is 0.286. The number of thioether (sulfide) groups is 1. The summed E-state index contributed by atoms with van der Waals surface area (Å²) in [5.41, 5.74) is 12.6. The molecule has 1 aromatic heterocycles. The number of nitrogens with one attached hydrogen (secondary N) is 2. The predicted octanol–water partition coefficient (Wildman–Crippen LogP) is 2.40. The number of carbonyl (C=O) groups is 2. The molecule has 0 fully saturated rings. The molecule has 2 rings (SSSR count). The minimum Gasteiger partial charge on any atom is -0.365 e. The van der Waals surface area contributed by atoms with Gasteiger partial charge in [-0.15, -0.1) is 0 Å². The Balaban J connectivity index is 2.39. The molecule has 7 heteroatoms. The molecule has 0 unspecified atom stereocenters. The molecule has 3 amide bonds. The van der Waals surface area contributed by atoms with Gasteiger partial charge in [-0.05, 0) is 23.8 Å². The van der Waals surface area contributed by atoms with Gasteiger partial charge in [-0.3, -0.25) is 10.1 Å². The van der Waals surface area contributed by atoms with E-state index in [0.29, 0.717) is 5.39 Å². The number of carbonyl (C=O) groups excluding carboxylic acids is 2. The van der Waals surface area contributed by atoms with Crippen LogP contribution >= 0.6 is 11.8 Å². The molecular weight excluding hydrogens is 288 g/mol. The van der Waals surface area contributed by atoms with Crippen molar-refractivity contribution in [1.82, 2.24) is 4.98 Å². The molecule has 0 aliphatic carbocycles. The van der Waals surface area contributed by atoms with Gasteiger partial charge in [-0.1, -0.05) is 19.1 Å². The van der Waals surface area contributed by atoms with Gasteiger partial charge >= 0.3 is 6.03 Å². The quantitative estimate of drug-likeness (QED) is 0.614. The molecule has 0 saturated carbocycles. The van der Waals surface area contributed by atoms with Crippen molar-refractivity contribution in [2.45, 2.75) is 19.1 Å². The first-order valence-electron chi connectivity index (χ1n) is 6.61. The van der Waals surface area contributed by atoms with E-state index >= 15 is 0 Å². The summed E-state index contributed by atoms with van der Waals surface area (Å²) in [6.45, 7) is 2.14. The highest BCUT2D eigenvalue weighted by molar-refractivity contribution is 7.98. The van der Waals surface area contributed by atoms with E-state index in [2.05, 4.69) is 17.2 Å². The third-order valence-corrected chi connectivity index (χ3v) is 4.21. The van der Waals surface area contributed by atoms with Crippen LogP contribution in [-0.4, -0.2) is 22.7 Å². The Morgan fingerprint density at radius 2 is 2.10 bits per heavy atom. The summed E-state index contributed by atoms with van der Waals surface area (Å²) < 4.78 is 0. The molecule has 6 N–H and O–H groups in total. The summed E-state index contributed by atoms with van der Waals surface area (Å²) in [6.07, 6.45) is 1.13. The Hall–Kier alpha value is -2.15. The van der Waals surface area contributed by atoms with E-state index in [4.69, 9.17) is 11.5 Å². The highest BCUT2D eigenvalue weighted by Crippen LogP contribution is 2.28. The monoisotopic (exact) mass is 306 g/mol. The van der Waals surface area contributed by atoms with Crippen LogP contribution in [0.4, 0.5) is 10.6 Å². The van der Waals surface area contributed by atoms with Crippen LogP contribution < -0.4 is 16.8 Å². The second-order valence-electron chi connectivity index (χ2n) is 4.66. The van der Waals surface area contributed by atoms with E-state index in [9.17, 15) is 9.59 Å². The lowest BCUT2D eigenvalue weighted by Gasteiger charge is -2.01. The predicted molar refractivity (Wildman–Crippen MR) is 86.5 cm³/mol. The second kappa shape index (κ2) is 6.53. The summed E-state index contributed by atoms with van der Waals surface area (Å²) in [6, 6.07) is 5.00. The molecule has 0 bridgehead atoms. The zero-order valence-corrected chi connectivity index (χ0v) is 12.5. The number of aromatic nitrogens is 1. The molecule has 0 radical (unpaired) electrons. The van der Waals surface area contributed by atoms with Crippen molar-refractivity contribution in [3.05, 3.63) is 29.3 Å². The highest BCUT2D eigenvalue weighted by Gasteiger charge is 2.17. The van der Waals surface area contributed by atoms with Gasteiger partial charge in [0.15, 0.2) is 0 Å². The maximum atomic E-state index is 11.6. The minimum atomic E-state index is -0.747. The SMILES string of the molecule is CCCSCc1ccc2c(C(N)=O)c(NC(N)=O)[nH]c2c1. The summed E-state index contributed by atoms with van der Waals surface area (Å²) in [5, 5.41) is 3.07. The molecule has 0 atom stereocenters. The van der Waals surface area contributed by atoms with Crippen LogP contribution in [0, 0.1) is 0 Å². The van der Waals surface area contributed by atoms with Crippen LogP contribution in [0.15, 0.2) is 18.2 Å². The van der Waals surface area contributed by atoms with Crippen molar-refractivity contribution in [3.63, 3.8) is 0 Å². The summed E-state index contributed by atoms with van der Waals surface area (Å²) >= 11 is 1.85. The van der Waals surface area contributed by atoms with Gasteiger partial charge in [0, 0.05) is 16.7 Å².